The summed E-state index contributed by atoms with van der Waals surface area (Å²) >= 11 is 0. The number of hydrogen-bond donors (Lipinski definition) is 0. The number of aryl methyl sites for hydroxylation is 3. The molecule has 0 saturated carbocycles. The van der Waals surface area contributed by atoms with Crippen LogP contribution < -0.4 is 0 Å². The van der Waals surface area contributed by atoms with Crippen LogP contribution in [0.2, 0.25) is 0 Å². The Labute approximate surface area is 158 Å². The minimum Gasteiger partial charge on any atom is -0.341 e. The fourth-order valence-corrected chi connectivity index (χ4v) is 3.73. The first kappa shape index (κ1) is 17.5. The Morgan fingerprint density at radius 2 is 2.07 bits per heavy atom. The highest BCUT2D eigenvalue weighted by Gasteiger charge is 2.28. The van der Waals surface area contributed by atoms with Gasteiger partial charge in [-0.15, -0.1) is 0 Å². The van der Waals surface area contributed by atoms with Gasteiger partial charge >= 0.3 is 0 Å². The fourth-order valence-electron chi connectivity index (χ4n) is 3.73. The molecule has 7 nitrogen and oxygen atoms in total. The van der Waals surface area contributed by atoms with E-state index in [2.05, 4.69) is 26.6 Å². The molecule has 4 rings (SSSR count). The maximum absolute atomic E-state index is 12.6. The molecule has 1 unspecified atom stereocenters. The second-order valence-corrected chi connectivity index (χ2v) is 6.98. The Bertz CT molecular complexity index is 912. The molecule has 0 bridgehead atoms. The molecule has 1 aromatic carbocycles. The van der Waals surface area contributed by atoms with Crippen LogP contribution in [0.15, 0.2) is 41.1 Å². The molecule has 1 aliphatic heterocycles. The molecule has 1 fully saturated rings. The molecule has 0 radical (unpaired) electrons. The van der Waals surface area contributed by atoms with Crippen molar-refractivity contribution < 1.29 is 9.32 Å². The zero-order valence-corrected chi connectivity index (χ0v) is 15.6. The van der Waals surface area contributed by atoms with Gasteiger partial charge in [0, 0.05) is 43.4 Å². The number of rotatable bonds is 5. The molecule has 0 N–H and O–H groups in total. The highest BCUT2D eigenvalue weighted by Crippen LogP contribution is 2.25. The van der Waals surface area contributed by atoms with Crippen LogP contribution in [0.4, 0.5) is 0 Å². The summed E-state index contributed by atoms with van der Waals surface area (Å²) in [5.41, 5.74) is 2.05. The normalized spacial score (nSPS) is 16.8. The van der Waals surface area contributed by atoms with E-state index in [-0.39, 0.29) is 5.91 Å². The predicted molar refractivity (Wildman–Crippen MR) is 100.0 cm³/mol. The summed E-state index contributed by atoms with van der Waals surface area (Å²) < 4.78 is 7.53. The second kappa shape index (κ2) is 7.34. The molecular weight excluding hydrogens is 342 g/mol. The van der Waals surface area contributed by atoms with Crippen molar-refractivity contribution in [2.45, 2.75) is 39.2 Å². The van der Waals surface area contributed by atoms with Crippen molar-refractivity contribution in [3.8, 4) is 11.4 Å². The maximum atomic E-state index is 12.6. The summed E-state index contributed by atoms with van der Waals surface area (Å²) in [7, 11) is 0. The summed E-state index contributed by atoms with van der Waals surface area (Å²) in [5, 5.41) is 4.01. The molecule has 3 aromatic rings. The predicted octanol–water partition coefficient (Wildman–Crippen LogP) is 2.96. The van der Waals surface area contributed by atoms with Crippen LogP contribution in [0.1, 0.15) is 36.3 Å². The van der Waals surface area contributed by atoms with Crippen molar-refractivity contribution in [2.75, 3.05) is 13.1 Å². The topological polar surface area (TPSA) is 77.1 Å². The fraction of sp³-hybridized carbons (Fsp3) is 0.400. The largest absolute Gasteiger partial charge is 0.341 e. The summed E-state index contributed by atoms with van der Waals surface area (Å²) in [6.45, 7) is 5.58. The lowest BCUT2D eigenvalue weighted by molar-refractivity contribution is -0.130. The maximum Gasteiger partial charge on any atom is 0.227 e. The number of nitrogens with zero attached hydrogens (tertiary/aromatic N) is 5. The van der Waals surface area contributed by atoms with Crippen LogP contribution in [0, 0.1) is 13.8 Å². The average molecular weight is 365 g/mol. The number of benzene rings is 1. The Hall–Kier alpha value is -2.96. The van der Waals surface area contributed by atoms with E-state index >= 15 is 0 Å². The standard InChI is InChI=1S/C20H23N5O2/c1-14-12-21-15(2)25(14)17-10-11-24(13-17)19(26)9-8-18-22-20(23-27-18)16-6-4-3-5-7-16/h3-7,12,17H,8-11,13H2,1-2H3. The number of aromatic nitrogens is 4. The number of carbonyl (C=O) groups is 1. The third-order valence-corrected chi connectivity index (χ3v) is 5.10. The van der Waals surface area contributed by atoms with Gasteiger partial charge in [-0.1, -0.05) is 35.5 Å². The SMILES string of the molecule is Cc1cnc(C)n1C1CCN(C(=O)CCc2nc(-c3ccccc3)no2)C1. The van der Waals surface area contributed by atoms with E-state index in [0.717, 1.165) is 36.6 Å². The first-order valence-corrected chi connectivity index (χ1v) is 9.28. The van der Waals surface area contributed by atoms with Gasteiger partial charge < -0.3 is 14.0 Å². The van der Waals surface area contributed by atoms with Gasteiger partial charge in [0.05, 0.1) is 6.04 Å². The van der Waals surface area contributed by atoms with E-state index in [1.54, 1.807) is 0 Å². The summed E-state index contributed by atoms with van der Waals surface area (Å²) in [5.74, 6) is 2.20. The second-order valence-electron chi connectivity index (χ2n) is 6.98. The third kappa shape index (κ3) is 3.63. The highest BCUT2D eigenvalue weighted by atomic mass is 16.5. The lowest BCUT2D eigenvalue weighted by Gasteiger charge is -2.18. The van der Waals surface area contributed by atoms with Gasteiger partial charge in [-0.3, -0.25) is 4.79 Å². The van der Waals surface area contributed by atoms with Gasteiger partial charge in [-0.05, 0) is 20.3 Å². The van der Waals surface area contributed by atoms with E-state index in [1.807, 2.05) is 48.4 Å². The Morgan fingerprint density at radius 3 is 2.81 bits per heavy atom. The minimum atomic E-state index is 0.132. The molecule has 27 heavy (non-hydrogen) atoms. The highest BCUT2D eigenvalue weighted by molar-refractivity contribution is 5.76. The van der Waals surface area contributed by atoms with Crippen LogP contribution in [0.5, 0.6) is 0 Å². The quantitative estimate of drug-likeness (QED) is 0.695. The Kier molecular flexibility index (Phi) is 4.75. The smallest absolute Gasteiger partial charge is 0.227 e. The lowest BCUT2D eigenvalue weighted by atomic mass is 10.2. The van der Waals surface area contributed by atoms with Crippen LogP contribution in [0.25, 0.3) is 11.4 Å². The first-order chi connectivity index (χ1) is 13.1. The third-order valence-electron chi connectivity index (χ3n) is 5.10. The van der Waals surface area contributed by atoms with Gasteiger partial charge in [-0.2, -0.15) is 4.98 Å². The molecule has 7 heteroatoms. The number of hydrogen-bond acceptors (Lipinski definition) is 5. The van der Waals surface area contributed by atoms with Crippen molar-refractivity contribution in [1.29, 1.82) is 0 Å². The zero-order valence-electron chi connectivity index (χ0n) is 15.6. The molecule has 0 spiro atoms. The van der Waals surface area contributed by atoms with Crippen molar-refractivity contribution >= 4 is 5.91 Å². The number of likely N-dealkylation sites (tertiary alicyclic amines) is 1. The summed E-state index contributed by atoms with van der Waals surface area (Å²) in [6.07, 6.45) is 3.69. The number of imidazole rings is 1. The van der Waals surface area contributed by atoms with E-state index < -0.39 is 0 Å². The molecule has 1 atom stereocenters. The van der Waals surface area contributed by atoms with Gasteiger partial charge in [-0.25, -0.2) is 4.98 Å². The van der Waals surface area contributed by atoms with Gasteiger partial charge in [0.1, 0.15) is 5.82 Å². The monoisotopic (exact) mass is 365 g/mol. The van der Waals surface area contributed by atoms with E-state index in [0.29, 0.717) is 30.6 Å². The molecule has 1 amide bonds. The van der Waals surface area contributed by atoms with E-state index in [9.17, 15) is 4.79 Å². The van der Waals surface area contributed by atoms with Crippen molar-refractivity contribution in [3.63, 3.8) is 0 Å². The molecule has 1 saturated heterocycles. The molecule has 140 valence electrons. The summed E-state index contributed by atoms with van der Waals surface area (Å²) in [6, 6.07) is 9.99. The molecule has 2 aromatic heterocycles. The van der Waals surface area contributed by atoms with Crippen LogP contribution in [-0.4, -0.2) is 43.6 Å². The first-order valence-electron chi connectivity index (χ1n) is 9.28. The molecule has 0 aliphatic carbocycles. The zero-order chi connectivity index (χ0) is 18.8. The number of amides is 1. The number of carbonyl (C=O) groups excluding carboxylic acids is 1. The van der Waals surface area contributed by atoms with Crippen LogP contribution >= 0.6 is 0 Å². The molecule has 3 heterocycles. The Balaban J connectivity index is 1.33. The van der Waals surface area contributed by atoms with Gasteiger partial charge in [0.2, 0.25) is 17.6 Å². The van der Waals surface area contributed by atoms with E-state index in [4.69, 9.17) is 4.52 Å². The minimum absolute atomic E-state index is 0.132. The van der Waals surface area contributed by atoms with Crippen molar-refractivity contribution in [3.05, 3.63) is 53.9 Å². The van der Waals surface area contributed by atoms with Crippen LogP contribution in [-0.2, 0) is 11.2 Å². The van der Waals surface area contributed by atoms with E-state index in [1.165, 1.54) is 0 Å². The van der Waals surface area contributed by atoms with Gasteiger partial charge in [0.25, 0.3) is 0 Å². The van der Waals surface area contributed by atoms with Crippen molar-refractivity contribution in [2.24, 2.45) is 0 Å². The van der Waals surface area contributed by atoms with Gasteiger partial charge in [0.15, 0.2) is 0 Å². The lowest BCUT2D eigenvalue weighted by Crippen LogP contribution is -2.29. The van der Waals surface area contributed by atoms with Crippen molar-refractivity contribution in [1.82, 2.24) is 24.6 Å². The average Bonchev–Trinajstić information content (AvgIpc) is 3.41. The molecular formula is C20H23N5O2. The van der Waals surface area contributed by atoms with Crippen LogP contribution in [0.3, 0.4) is 0 Å². The molecule has 1 aliphatic rings. The summed E-state index contributed by atoms with van der Waals surface area (Å²) in [4.78, 5) is 23.3. The Morgan fingerprint density at radius 1 is 1.26 bits per heavy atom.